The highest BCUT2D eigenvalue weighted by atomic mass is 79.9. The molecule has 0 bridgehead atoms. The van der Waals surface area contributed by atoms with Crippen LogP contribution in [0.5, 0.6) is 0 Å². The predicted molar refractivity (Wildman–Crippen MR) is 62.2 cm³/mol. The highest BCUT2D eigenvalue weighted by Gasteiger charge is 2.02. The monoisotopic (exact) mass is 252 g/mol. The van der Waals surface area contributed by atoms with E-state index in [1.54, 1.807) is 11.3 Å². The van der Waals surface area contributed by atoms with E-state index in [2.05, 4.69) is 52.5 Å². The third-order valence-corrected chi connectivity index (χ3v) is 3.33. The molecule has 2 rings (SSSR count). The van der Waals surface area contributed by atoms with Crippen molar-refractivity contribution in [3.63, 3.8) is 0 Å². The van der Waals surface area contributed by atoms with E-state index in [1.807, 2.05) is 6.07 Å². The van der Waals surface area contributed by atoms with Gasteiger partial charge in [0.15, 0.2) is 0 Å². The van der Waals surface area contributed by atoms with Crippen LogP contribution in [0.15, 0.2) is 40.2 Å². The number of hydrogen-bond donors (Lipinski definition) is 0. The molecular weight excluding hydrogens is 244 g/mol. The SMILES string of the molecule is Cc1sccc1-c1cccc(Br)c1. The fraction of sp³-hybridized carbons (Fsp3) is 0.0909. The summed E-state index contributed by atoms with van der Waals surface area (Å²) in [5.41, 5.74) is 2.62. The molecule has 0 radical (unpaired) electrons. The van der Waals surface area contributed by atoms with Crippen molar-refractivity contribution in [1.82, 2.24) is 0 Å². The molecule has 1 aromatic carbocycles. The van der Waals surface area contributed by atoms with Gasteiger partial charge in [-0.25, -0.2) is 0 Å². The molecule has 0 aliphatic carbocycles. The number of aryl methyl sites for hydroxylation is 1. The van der Waals surface area contributed by atoms with Crippen molar-refractivity contribution >= 4 is 27.3 Å². The standard InChI is InChI=1S/C11H9BrS/c1-8-11(5-6-13-8)9-3-2-4-10(12)7-9/h2-7H,1H3. The Hall–Kier alpha value is -0.600. The first-order chi connectivity index (χ1) is 6.27. The highest BCUT2D eigenvalue weighted by Crippen LogP contribution is 2.28. The van der Waals surface area contributed by atoms with E-state index in [9.17, 15) is 0 Å². The van der Waals surface area contributed by atoms with Gasteiger partial charge in [0.2, 0.25) is 0 Å². The van der Waals surface area contributed by atoms with Gasteiger partial charge in [0, 0.05) is 9.35 Å². The zero-order chi connectivity index (χ0) is 9.26. The molecule has 13 heavy (non-hydrogen) atoms. The molecule has 0 nitrogen and oxygen atoms in total. The van der Waals surface area contributed by atoms with Crippen molar-refractivity contribution in [3.05, 3.63) is 45.1 Å². The van der Waals surface area contributed by atoms with Gasteiger partial charge in [0.1, 0.15) is 0 Å². The van der Waals surface area contributed by atoms with Crippen molar-refractivity contribution in [3.8, 4) is 11.1 Å². The number of halogens is 1. The van der Waals surface area contributed by atoms with Gasteiger partial charge < -0.3 is 0 Å². The third kappa shape index (κ3) is 1.84. The summed E-state index contributed by atoms with van der Waals surface area (Å²) in [7, 11) is 0. The molecule has 1 heterocycles. The van der Waals surface area contributed by atoms with E-state index < -0.39 is 0 Å². The van der Waals surface area contributed by atoms with E-state index >= 15 is 0 Å². The Morgan fingerprint density at radius 2 is 2.08 bits per heavy atom. The summed E-state index contributed by atoms with van der Waals surface area (Å²) in [4.78, 5) is 1.37. The van der Waals surface area contributed by atoms with Crippen LogP contribution in [0.4, 0.5) is 0 Å². The Kier molecular flexibility index (Phi) is 2.51. The van der Waals surface area contributed by atoms with Gasteiger partial charge >= 0.3 is 0 Å². The summed E-state index contributed by atoms with van der Waals surface area (Å²) >= 11 is 5.27. The first-order valence-electron chi connectivity index (χ1n) is 4.07. The zero-order valence-corrected chi connectivity index (χ0v) is 9.65. The van der Waals surface area contributed by atoms with Crippen molar-refractivity contribution in [1.29, 1.82) is 0 Å². The molecule has 0 aliphatic heterocycles. The van der Waals surface area contributed by atoms with Crippen LogP contribution in [0.2, 0.25) is 0 Å². The topological polar surface area (TPSA) is 0 Å². The fourth-order valence-electron chi connectivity index (χ4n) is 1.34. The Morgan fingerprint density at radius 3 is 2.69 bits per heavy atom. The average Bonchev–Trinajstić information content (AvgIpc) is 2.51. The second kappa shape index (κ2) is 3.64. The molecule has 2 heteroatoms. The van der Waals surface area contributed by atoms with Crippen molar-refractivity contribution in [2.24, 2.45) is 0 Å². The van der Waals surface area contributed by atoms with Crippen LogP contribution in [0, 0.1) is 6.92 Å². The van der Waals surface area contributed by atoms with E-state index in [0.717, 1.165) is 4.47 Å². The summed E-state index contributed by atoms with van der Waals surface area (Å²) in [6, 6.07) is 10.6. The molecule has 2 aromatic rings. The number of rotatable bonds is 1. The fourth-order valence-corrected chi connectivity index (χ4v) is 2.46. The van der Waals surface area contributed by atoms with Gasteiger partial charge in [-0.3, -0.25) is 0 Å². The van der Waals surface area contributed by atoms with Crippen LogP contribution < -0.4 is 0 Å². The molecule has 0 atom stereocenters. The van der Waals surface area contributed by atoms with E-state index in [0.29, 0.717) is 0 Å². The molecule has 1 aromatic heterocycles. The lowest BCUT2D eigenvalue weighted by molar-refractivity contribution is 1.57. The van der Waals surface area contributed by atoms with Gasteiger partial charge in [-0.15, -0.1) is 11.3 Å². The van der Waals surface area contributed by atoms with Crippen LogP contribution >= 0.6 is 27.3 Å². The molecule has 0 saturated carbocycles. The van der Waals surface area contributed by atoms with Crippen LogP contribution in [-0.4, -0.2) is 0 Å². The predicted octanol–water partition coefficient (Wildman–Crippen LogP) is 4.49. The maximum absolute atomic E-state index is 3.48. The van der Waals surface area contributed by atoms with Gasteiger partial charge in [0.05, 0.1) is 0 Å². The smallest absolute Gasteiger partial charge is 0.0181 e. The van der Waals surface area contributed by atoms with Crippen LogP contribution in [-0.2, 0) is 0 Å². The minimum absolute atomic E-state index is 1.13. The van der Waals surface area contributed by atoms with E-state index in [-0.39, 0.29) is 0 Å². The summed E-state index contributed by atoms with van der Waals surface area (Å²) < 4.78 is 1.13. The van der Waals surface area contributed by atoms with E-state index in [1.165, 1.54) is 16.0 Å². The number of benzene rings is 1. The lowest BCUT2D eigenvalue weighted by atomic mass is 10.1. The minimum atomic E-state index is 1.13. The van der Waals surface area contributed by atoms with Crippen LogP contribution in [0.1, 0.15) is 4.88 Å². The summed E-state index contributed by atoms with van der Waals surface area (Å²) in [6.07, 6.45) is 0. The molecule has 66 valence electrons. The quantitative estimate of drug-likeness (QED) is 0.702. The molecule has 0 spiro atoms. The Labute approximate surface area is 90.4 Å². The maximum atomic E-state index is 3.48. The lowest BCUT2D eigenvalue weighted by Crippen LogP contribution is -1.75. The maximum Gasteiger partial charge on any atom is 0.0181 e. The van der Waals surface area contributed by atoms with Gasteiger partial charge in [0.25, 0.3) is 0 Å². The van der Waals surface area contributed by atoms with Gasteiger partial charge in [-0.1, -0.05) is 28.1 Å². The lowest BCUT2D eigenvalue weighted by Gasteiger charge is -2.00. The second-order valence-corrected chi connectivity index (χ2v) is 4.94. The van der Waals surface area contributed by atoms with Gasteiger partial charge in [-0.2, -0.15) is 0 Å². The average molecular weight is 253 g/mol. The van der Waals surface area contributed by atoms with Gasteiger partial charge in [-0.05, 0) is 41.6 Å². The third-order valence-electron chi connectivity index (χ3n) is 1.99. The first-order valence-corrected chi connectivity index (χ1v) is 5.74. The first kappa shape index (κ1) is 8.97. The molecule has 0 saturated heterocycles. The largest absolute Gasteiger partial charge is 0.149 e. The number of hydrogen-bond acceptors (Lipinski definition) is 1. The minimum Gasteiger partial charge on any atom is -0.149 e. The molecule has 0 amide bonds. The van der Waals surface area contributed by atoms with Crippen molar-refractivity contribution in [2.75, 3.05) is 0 Å². The zero-order valence-electron chi connectivity index (χ0n) is 7.25. The number of thiophene rings is 1. The summed E-state index contributed by atoms with van der Waals surface area (Å²) in [5, 5.41) is 2.13. The van der Waals surface area contributed by atoms with Crippen LogP contribution in [0.3, 0.4) is 0 Å². The molecule has 0 aliphatic rings. The summed E-state index contributed by atoms with van der Waals surface area (Å²) in [6.45, 7) is 2.15. The molecular formula is C11H9BrS. The second-order valence-electron chi connectivity index (χ2n) is 2.90. The molecule has 0 N–H and O–H groups in total. The Balaban J connectivity index is 2.53. The molecule has 0 fully saturated rings. The van der Waals surface area contributed by atoms with E-state index in [4.69, 9.17) is 0 Å². The Bertz CT molecular complexity index is 418. The van der Waals surface area contributed by atoms with Crippen molar-refractivity contribution < 1.29 is 0 Å². The Morgan fingerprint density at radius 1 is 1.23 bits per heavy atom. The van der Waals surface area contributed by atoms with Crippen LogP contribution in [0.25, 0.3) is 11.1 Å². The van der Waals surface area contributed by atoms with Crippen molar-refractivity contribution in [2.45, 2.75) is 6.92 Å². The highest BCUT2D eigenvalue weighted by molar-refractivity contribution is 9.10. The molecule has 0 unspecified atom stereocenters. The normalized spacial score (nSPS) is 10.3. The summed E-state index contributed by atoms with van der Waals surface area (Å²) in [5.74, 6) is 0.